The SMILES string of the molecule is CN1C(=S)NC(c2ccccn2)C1c1cccn1-c1ccccn1. The highest BCUT2D eigenvalue weighted by Crippen LogP contribution is 2.38. The van der Waals surface area contributed by atoms with Gasteiger partial charge in [0.05, 0.1) is 17.8 Å². The Bertz CT molecular complexity index is 846. The molecule has 0 aromatic carbocycles. The summed E-state index contributed by atoms with van der Waals surface area (Å²) in [7, 11) is 2.01. The molecule has 5 nitrogen and oxygen atoms in total. The third-order valence-electron chi connectivity index (χ3n) is 4.32. The number of aromatic nitrogens is 3. The van der Waals surface area contributed by atoms with Gasteiger partial charge in [-0.1, -0.05) is 12.1 Å². The standard InChI is InChI=1S/C18H17N5S/c1-22-17(16(21-18(22)24)13-7-2-4-10-19-13)14-8-6-12-23(14)15-9-3-5-11-20-15/h2-12,16-17H,1H3,(H,21,24). The Kier molecular flexibility index (Phi) is 3.74. The van der Waals surface area contributed by atoms with Crippen LogP contribution in [0.1, 0.15) is 23.5 Å². The molecule has 1 fully saturated rings. The van der Waals surface area contributed by atoms with E-state index in [0.29, 0.717) is 0 Å². The first kappa shape index (κ1) is 14.8. The quantitative estimate of drug-likeness (QED) is 0.746. The van der Waals surface area contributed by atoms with Gasteiger partial charge in [-0.25, -0.2) is 4.98 Å². The average molecular weight is 335 g/mol. The molecule has 6 heteroatoms. The summed E-state index contributed by atoms with van der Waals surface area (Å²) in [6.45, 7) is 0. The summed E-state index contributed by atoms with van der Waals surface area (Å²) >= 11 is 5.49. The molecule has 3 aromatic rings. The van der Waals surface area contributed by atoms with Crippen LogP contribution in [0.2, 0.25) is 0 Å². The van der Waals surface area contributed by atoms with Crippen molar-refractivity contribution in [2.45, 2.75) is 12.1 Å². The number of rotatable bonds is 3. The second kappa shape index (κ2) is 6.05. The maximum Gasteiger partial charge on any atom is 0.169 e. The number of likely N-dealkylation sites (N-methyl/N-ethyl adjacent to an activating group) is 1. The Morgan fingerprint density at radius 2 is 1.79 bits per heavy atom. The lowest BCUT2D eigenvalue weighted by Crippen LogP contribution is -2.26. The Balaban J connectivity index is 1.80. The van der Waals surface area contributed by atoms with Crippen LogP contribution in [0.3, 0.4) is 0 Å². The van der Waals surface area contributed by atoms with E-state index in [1.54, 1.807) is 6.20 Å². The second-order valence-electron chi connectivity index (χ2n) is 5.73. The van der Waals surface area contributed by atoms with Gasteiger partial charge < -0.3 is 14.8 Å². The Hall–Kier alpha value is -2.73. The Morgan fingerprint density at radius 3 is 2.50 bits per heavy atom. The zero-order valence-corrected chi connectivity index (χ0v) is 14.0. The molecule has 0 spiro atoms. The minimum absolute atomic E-state index is 0.000984. The van der Waals surface area contributed by atoms with E-state index in [2.05, 4.69) is 30.8 Å². The number of hydrogen-bond donors (Lipinski definition) is 1. The van der Waals surface area contributed by atoms with E-state index >= 15 is 0 Å². The molecule has 1 saturated heterocycles. The van der Waals surface area contributed by atoms with Gasteiger partial charge in [-0.3, -0.25) is 4.98 Å². The molecule has 4 heterocycles. The van der Waals surface area contributed by atoms with E-state index in [-0.39, 0.29) is 12.1 Å². The predicted molar refractivity (Wildman–Crippen MR) is 96.8 cm³/mol. The Morgan fingerprint density at radius 1 is 1.00 bits per heavy atom. The van der Waals surface area contributed by atoms with Crippen molar-refractivity contribution in [2.75, 3.05) is 7.05 Å². The van der Waals surface area contributed by atoms with Crippen molar-refractivity contribution >= 4 is 17.3 Å². The van der Waals surface area contributed by atoms with Crippen LogP contribution in [0.5, 0.6) is 0 Å². The van der Waals surface area contributed by atoms with Gasteiger partial charge >= 0.3 is 0 Å². The molecule has 24 heavy (non-hydrogen) atoms. The van der Waals surface area contributed by atoms with Gasteiger partial charge in [0.2, 0.25) is 0 Å². The van der Waals surface area contributed by atoms with Crippen molar-refractivity contribution in [2.24, 2.45) is 0 Å². The van der Waals surface area contributed by atoms with Crippen LogP contribution in [0.15, 0.2) is 67.1 Å². The molecular weight excluding hydrogens is 318 g/mol. The lowest BCUT2D eigenvalue weighted by atomic mass is 10.0. The summed E-state index contributed by atoms with van der Waals surface area (Å²) in [6.07, 6.45) is 5.65. The zero-order chi connectivity index (χ0) is 16.5. The first-order chi connectivity index (χ1) is 11.8. The third-order valence-corrected chi connectivity index (χ3v) is 4.72. The van der Waals surface area contributed by atoms with Gasteiger partial charge in [0.25, 0.3) is 0 Å². The predicted octanol–water partition coefficient (Wildman–Crippen LogP) is 2.87. The summed E-state index contributed by atoms with van der Waals surface area (Å²) in [5, 5.41) is 4.12. The van der Waals surface area contributed by atoms with Gasteiger partial charge in [0.15, 0.2) is 5.11 Å². The normalized spacial score (nSPS) is 20.2. The van der Waals surface area contributed by atoms with Gasteiger partial charge in [0, 0.05) is 31.3 Å². The second-order valence-corrected chi connectivity index (χ2v) is 6.12. The van der Waals surface area contributed by atoms with Crippen molar-refractivity contribution in [1.29, 1.82) is 0 Å². The van der Waals surface area contributed by atoms with Crippen molar-refractivity contribution in [3.05, 3.63) is 78.5 Å². The fourth-order valence-corrected chi connectivity index (χ4v) is 3.41. The summed E-state index contributed by atoms with van der Waals surface area (Å²) in [5.74, 6) is 0.892. The molecule has 120 valence electrons. The maximum absolute atomic E-state index is 5.49. The molecule has 1 N–H and O–H groups in total. The topological polar surface area (TPSA) is 46.0 Å². The van der Waals surface area contributed by atoms with Gasteiger partial charge in [-0.05, 0) is 48.6 Å². The lowest BCUT2D eigenvalue weighted by molar-refractivity contribution is 0.356. The van der Waals surface area contributed by atoms with E-state index in [4.69, 9.17) is 12.2 Å². The van der Waals surface area contributed by atoms with Crippen molar-refractivity contribution in [1.82, 2.24) is 24.8 Å². The van der Waals surface area contributed by atoms with Crippen LogP contribution < -0.4 is 5.32 Å². The van der Waals surface area contributed by atoms with Crippen LogP contribution in [0.4, 0.5) is 0 Å². The molecule has 2 unspecified atom stereocenters. The molecule has 4 rings (SSSR count). The van der Waals surface area contributed by atoms with Crippen molar-refractivity contribution < 1.29 is 0 Å². The number of nitrogens with one attached hydrogen (secondary N) is 1. The minimum Gasteiger partial charge on any atom is -0.352 e. The first-order valence-electron chi connectivity index (χ1n) is 7.78. The van der Waals surface area contributed by atoms with Gasteiger partial charge in [-0.2, -0.15) is 0 Å². The largest absolute Gasteiger partial charge is 0.352 e. The number of hydrogen-bond acceptors (Lipinski definition) is 3. The average Bonchev–Trinajstić information content (AvgIpc) is 3.22. The minimum atomic E-state index is 0.000984. The van der Waals surface area contributed by atoms with E-state index in [1.165, 1.54) is 0 Å². The highest BCUT2D eigenvalue weighted by molar-refractivity contribution is 7.80. The monoisotopic (exact) mass is 335 g/mol. The summed E-state index contributed by atoms with van der Waals surface area (Å²) in [6, 6.07) is 16.1. The first-order valence-corrected chi connectivity index (χ1v) is 8.19. The fraction of sp³-hybridized carbons (Fsp3) is 0.167. The molecule has 0 bridgehead atoms. The van der Waals surface area contributed by atoms with Crippen LogP contribution in [0, 0.1) is 0 Å². The molecule has 2 atom stereocenters. The summed E-state index contributed by atoms with van der Waals surface area (Å²) in [4.78, 5) is 11.1. The number of nitrogens with zero attached hydrogens (tertiary/aromatic N) is 4. The molecular formula is C18H17N5S. The highest BCUT2D eigenvalue weighted by Gasteiger charge is 2.39. The van der Waals surface area contributed by atoms with E-state index in [9.17, 15) is 0 Å². The third kappa shape index (κ3) is 2.45. The summed E-state index contributed by atoms with van der Waals surface area (Å²) < 4.78 is 2.10. The van der Waals surface area contributed by atoms with Gasteiger partial charge in [-0.15, -0.1) is 0 Å². The lowest BCUT2D eigenvalue weighted by Gasteiger charge is -2.25. The van der Waals surface area contributed by atoms with E-state index in [1.807, 2.05) is 61.9 Å². The molecule has 1 aliphatic rings. The van der Waals surface area contributed by atoms with Gasteiger partial charge in [0.1, 0.15) is 5.82 Å². The molecule has 0 saturated carbocycles. The van der Waals surface area contributed by atoms with Crippen molar-refractivity contribution in [3.63, 3.8) is 0 Å². The molecule has 3 aromatic heterocycles. The molecule has 0 radical (unpaired) electrons. The molecule has 0 amide bonds. The fourth-order valence-electron chi connectivity index (χ4n) is 3.17. The molecule has 0 aliphatic carbocycles. The van der Waals surface area contributed by atoms with Crippen LogP contribution in [0.25, 0.3) is 5.82 Å². The van der Waals surface area contributed by atoms with E-state index in [0.717, 1.165) is 22.3 Å². The smallest absolute Gasteiger partial charge is 0.169 e. The van der Waals surface area contributed by atoms with Crippen LogP contribution >= 0.6 is 12.2 Å². The number of pyridine rings is 2. The summed E-state index contributed by atoms with van der Waals surface area (Å²) in [5.41, 5.74) is 2.10. The zero-order valence-electron chi connectivity index (χ0n) is 13.2. The van der Waals surface area contributed by atoms with Crippen molar-refractivity contribution in [3.8, 4) is 5.82 Å². The maximum atomic E-state index is 5.49. The molecule has 1 aliphatic heterocycles. The Labute approximate surface area is 146 Å². The highest BCUT2D eigenvalue weighted by atomic mass is 32.1. The van der Waals surface area contributed by atoms with E-state index < -0.39 is 0 Å². The number of thiocarbonyl (C=S) groups is 1. The van der Waals surface area contributed by atoms with Crippen LogP contribution in [-0.2, 0) is 0 Å². The van der Waals surface area contributed by atoms with Crippen LogP contribution in [-0.4, -0.2) is 31.6 Å².